The van der Waals surface area contributed by atoms with Crippen molar-refractivity contribution in [2.24, 2.45) is 0 Å². The molecule has 0 N–H and O–H groups in total. The zero-order chi connectivity index (χ0) is 21.0. The highest BCUT2D eigenvalue weighted by Crippen LogP contribution is 2.21. The fourth-order valence-corrected chi connectivity index (χ4v) is 3.46. The second kappa shape index (κ2) is 9.50. The van der Waals surface area contributed by atoms with E-state index in [1.54, 1.807) is 26.2 Å². The minimum absolute atomic E-state index is 0.108. The summed E-state index contributed by atoms with van der Waals surface area (Å²) in [6, 6.07) is 11.9. The van der Waals surface area contributed by atoms with Crippen LogP contribution in [0.3, 0.4) is 0 Å². The number of benzene rings is 2. The third-order valence-electron chi connectivity index (χ3n) is 4.69. The summed E-state index contributed by atoms with van der Waals surface area (Å²) in [5.41, 5.74) is 0.551. The van der Waals surface area contributed by atoms with Crippen LogP contribution in [0.4, 0.5) is 8.78 Å². The number of pyridine rings is 1. The molecule has 0 amide bonds. The van der Waals surface area contributed by atoms with Gasteiger partial charge >= 0.3 is 0 Å². The second-order valence-electron chi connectivity index (χ2n) is 6.93. The molecule has 7 heteroatoms. The number of aromatic nitrogens is 1. The van der Waals surface area contributed by atoms with Crippen molar-refractivity contribution in [2.75, 3.05) is 7.11 Å². The van der Waals surface area contributed by atoms with Gasteiger partial charge in [-0.2, -0.15) is 0 Å². The van der Waals surface area contributed by atoms with Crippen LogP contribution >= 0.6 is 15.9 Å². The highest BCUT2D eigenvalue weighted by molar-refractivity contribution is 9.10. The minimum atomic E-state index is -1.27. The summed E-state index contributed by atoms with van der Waals surface area (Å²) in [5.74, 6) is 0.239. The Morgan fingerprint density at radius 3 is 2.59 bits per heavy atom. The van der Waals surface area contributed by atoms with E-state index < -0.39 is 17.5 Å². The maximum atomic E-state index is 14.5. The van der Waals surface area contributed by atoms with E-state index in [2.05, 4.69) is 15.9 Å². The number of methoxy groups -OCH3 is 1. The molecule has 0 aliphatic heterocycles. The molecule has 4 nitrogen and oxygen atoms in total. The maximum absolute atomic E-state index is 14.5. The zero-order valence-corrected chi connectivity index (χ0v) is 17.8. The quantitative estimate of drug-likeness (QED) is 0.456. The summed E-state index contributed by atoms with van der Waals surface area (Å²) >= 11 is 3.10. The molecular weight excluding hydrogens is 444 g/mol. The molecule has 2 aromatic carbocycles. The maximum Gasteiger partial charge on any atom is 0.258 e. The fraction of sp³-hybridized carbons (Fsp3) is 0.318. The largest absolute Gasteiger partial charge is 0.497 e. The molecule has 29 heavy (non-hydrogen) atoms. The van der Waals surface area contributed by atoms with Crippen molar-refractivity contribution in [2.45, 2.75) is 38.8 Å². The lowest BCUT2D eigenvalue weighted by Crippen LogP contribution is -2.26. The normalized spacial score (nSPS) is 13.4. The van der Waals surface area contributed by atoms with Crippen LogP contribution in [-0.4, -0.2) is 24.0 Å². The predicted molar refractivity (Wildman–Crippen MR) is 113 cm³/mol. The van der Waals surface area contributed by atoms with E-state index in [-0.39, 0.29) is 28.9 Å². The van der Waals surface area contributed by atoms with E-state index in [1.165, 1.54) is 16.8 Å². The van der Waals surface area contributed by atoms with Gasteiger partial charge < -0.3 is 14.0 Å². The van der Waals surface area contributed by atoms with Gasteiger partial charge in [0.05, 0.1) is 36.2 Å². The smallest absolute Gasteiger partial charge is 0.258 e. The summed E-state index contributed by atoms with van der Waals surface area (Å²) in [6.07, 6.45) is 0.0905. The number of ether oxygens (including phenoxy) is 2. The van der Waals surface area contributed by atoms with E-state index in [9.17, 15) is 13.6 Å². The Labute approximate surface area is 176 Å². The molecule has 3 rings (SSSR count). The zero-order valence-electron chi connectivity index (χ0n) is 16.2. The third kappa shape index (κ3) is 5.42. The van der Waals surface area contributed by atoms with Gasteiger partial charge in [-0.3, -0.25) is 4.79 Å². The van der Waals surface area contributed by atoms with Crippen LogP contribution in [0.25, 0.3) is 10.8 Å². The van der Waals surface area contributed by atoms with Gasteiger partial charge in [0.15, 0.2) is 0 Å². The molecule has 2 atom stereocenters. The van der Waals surface area contributed by atoms with Crippen LogP contribution in [0.2, 0.25) is 0 Å². The summed E-state index contributed by atoms with van der Waals surface area (Å²) in [6.45, 7) is 2.05. The highest BCUT2D eigenvalue weighted by Gasteiger charge is 2.15. The van der Waals surface area contributed by atoms with Crippen LogP contribution in [0, 0.1) is 5.82 Å². The van der Waals surface area contributed by atoms with Gasteiger partial charge in [-0.25, -0.2) is 8.78 Å². The first-order valence-electron chi connectivity index (χ1n) is 9.24. The van der Waals surface area contributed by atoms with E-state index in [0.29, 0.717) is 12.0 Å². The number of hydrogen-bond acceptors (Lipinski definition) is 3. The first-order chi connectivity index (χ1) is 13.9. The van der Waals surface area contributed by atoms with Crippen molar-refractivity contribution >= 4 is 26.7 Å². The van der Waals surface area contributed by atoms with Crippen LogP contribution in [0.15, 0.2) is 57.9 Å². The lowest BCUT2D eigenvalue weighted by molar-refractivity contribution is 0.0290. The topological polar surface area (TPSA) is 40.5 Å². The van der Waals surface area contributed by atoms with Crippen LogP contribution < -0.4 is 10.3 Å². The molecule has 0 aliphatic carbocycles. The molecule has 0 saturated carbocycles. The molecule has 3 aromatic rings. The molecular formula is C22H22BrF2NO3. The third-order valence-corrected chi connectivity index (χ3v) is 5.30. The number of alkyl halides is 1. The van der Waals surface area contributed by atoms with Gasteiger partial charge in [-0.1, -0.05) is 12.1 Å². The number of nitrogens with zero attached hydrogens (tertiary/aromatic N) is 1. The predicted octanol–water partition coefficient (Wildman–Crippen LogP) is 5.25. The van der Waals surface area contributed by atoms with Gasteiger partial charge in [0.25, 0.3) is 5.56 Å². The average molecular weight is 466 g/mol. The molecule has 0 aliphatic rings. The molecule has 0 radical (unpaired) electrons. The standard InChI is InChI=1S/C22H22BrF2NO3/c1-14(29-13-15-3-5-18(28-2)6-4-15)9-17(24)12-26-8-7-16-10-20(23)21(25)11-19(16)22(26)27/h3-8,10-11,14,17H,9,12-13H2,1-2H3/t14-,17?/m0/s1. The molecule has 154 valence electrons. The van der Waals surface area contributed by atoms with E-state index in [1.807, 2.05) is 24.3 Å². The molecule has 0 spiro atoms. The highest BCUT2D eigenvalue weighted by atomic mass is 79.9. The van der Waals surface area contributed by atoms with Crippen LogP contribution in [0.5, 0.6) is 5.75 Å². The number of rotatable bonds is 8. The monoisotopic (exact) mass is 465 g/mol. The molecule has 0 fully saturated rings. The molecule has 0 bridgehead atoms. The van der Waals surface area contributed by atoms with E-state index in [4.69, 9.17) is 9.47 Å². The summed E-state index contributed by atoms with van der Waals surface area (Å²) < 4.78 is 40.7. The summed E-state index contributed by atoms with van der Waals surface area (Å²) in [7, 11) is 1.60. The summed E-state index contributed by atoms with van der Waals surface area (Å²) in [4.78, 5) is 12.5. The molecule has 0 saturated heterocycles. The lowest BCUT2D eigenvalue weighted by Gasteiger charge is -2.17. The van der Waals surface area contributed by atoms with Crippen molar-refractivity contribution in [1.82, 2.24) is 4.57 Å². The SMILES string of the molecule is COc1ccc(CO[C@@H](C)CC(F)Cn2ccc3cc(Br)c(F)cc3c2=O)cc1. The van der Waals surface area contributed by atoms with Gasteiger partial charge in [0, 0.05) is 12.6 Å². The van der Waals surface area contributed by atoms with Gasteiger partial charge in [-0.05, 0) is 64.1 Å². The van der Waals surface area contributed by atoms with E-state index in [0.717, 1.165) is 11.3 Å². The Bertz CT molecular complexity index is 1040. The Morgan fingerprint density at radius 2 is 1.90 bits per heavy atom. The number of halogens is 3. The van der Waals surface area contributed by atoms with Crippen LogP contribution in [0.1, 0.15) is 18.9 Å². The van der Waals surface area contributed by atoms with Crippen molar-refractivity contribution in [1.29, 1.82) is 0 Å². The Hall–Kier alpha value is -2.25. The van der Waals surface area contributed by atoms with Gasteiger partial charge in [0.1, 0.15) is 17.7 Å². The van der Waals surface area contributed by atoms with Crippen molar-refractivity contribution in [3.8, 4) is 5.75 Å². The molecule has 1 aromatic heterocycles. The average Bonchev–Trinajstić information content (AvgIpc) is 2.70. The number of hydrogen-bond donors (Lipinski definition) is 0. The Balaban J connectivity index is 1.59. The summed E-state index contributed by atoms with van der Waals surface area (Å²) in [5, 5.41) is 0.829. The first-order valence-corrected chi connectivity index (χ1v) is 10.0. The molecule has 1 unspecified atom stereocenters. The number of fused-ring (bicyclic) bond motifs is 1. The van der Waals surface area contributed by atoms with Gasteiger partial charge in [-0.15, -0.1) is 0 Å². The second-order valence-corrected chi connectivity index (χ2v) is 7.78. The fourth-order valence-electron chi connectivity index (χ4n) is 3.10. The van der Waals surface area contributed by atoms with Crippen LogP contribution in [-0.2, 0) is 17.9 Å². The Kier molecular flexibility index (Phi) is 7.03. The first kappa shape index (κ1) is 21.5. The van der Waals surface area contributed by atoms with Crippen molar-refractivity contribution in [3.63, 3.8) is 0 Å². The van der Waals surface area contributed by atoms with Gasteiger partial charge in [0.2, 0.25) is 0 Å². The minimum Gasteiger partial charge on any atom is -0.497 e. The van der Waals surface area contributed by atoms with Crippen molar-refractivity contribution in [3.05, 3.63) is 74.9 Å². The Morgan fingerprint density at radius 1 is 1.17 bits per heavy atom. The molecule has 1 heterocycles. The lowest BCUT2D eigenvalue weighted by atomic mass is 10.1. The van der Waals surface area contributed by atoms with Crippen molar-refractivity contribution < 1.29 is 18.3 Å². The van der Waals surface area contributed by atoms with E-state index >= 15 is 0 Å².